The van der Waals surface area contributed by atoms with E-state index in [9.17, 15) is 8.42 Å². The summed E-state index contributed by atoms with van der Waals surface area (Å²) in [6.07, 6.45) is 2.00. The van der Waals surface area contributed by atoms with Crippen molar-refractivity contribution in [2.75, 3.05) is 12.9 Å². The normalized spacial score (nSPS) is 15.1. The predicted molar refractivity (Wildman–Crippen MR) is 40.3 cm³/mol. The summed E-state index contributed by atoms with van der Waals surface area (Å²) in [5.74, 6) is 0.315. The zero-order chi connectivity index (χ0) is 8.20. The van der Waals surface area contributed by atoms with Gasteiger partial charge in [-0.2, -0.15) is 8.42 Å². The van der Waals surface area contributed by atoms with E-state index < -0.39 is 10.1 Å². The van der Waals surface area contributed by atoms with Crippen molar-refractivity contribution in [2.45, 2.75) is 20.3 Å². The van der Waals surface area contributed by atoms with E-state index >= 15 is 0 Å². The maximum absolute atomic E-state index is 10.4. The van der Waals surface area contributed by atoms with Crippen molar-refractivity contribution in [1.82, 2.24) is 0 Å². The molecule has 0 unspecified atom stereocenters. The first-order valence-corrected chi connectivity index (χ1v) is 5.11. The van der Waals surface area contributed by atoms with Crippen molar-refractivity contribution >= 4 is 10.1 Å². The van der Waals surface area contributed by atoms with Gasteiger partial charge in [-0.1, -0.05) is 20.3 Å². The Balaban J connectivity index is 3.56. The van der Waals surface area contributed by atoms with Crippen LogP contribution in [0.1, 0.15) is 20.3 Å². The molecule has 0 saturated carbocycles. The van der Waals surface area contributed by atoms with Crippen LogP contribution in [0.2, 0.25) is 0 Å². The standard InChI is InChI=1S/C6H14O3S/c1-4-6(2)5-9-10(3,7)8/h6H,4-5H2,1-3H3/t6-/m1/s1. The molecule has 0 aliphatic heterocycles. The van der Waals surface area contributed by atoms with Crippen LogP contribution in [0, 0.1) is 5.92 Å². The van der Waals surface area contributed by atoms with Crippen molar-refractivity contribution in [2.24, 2.45) is 5.92 Å². The van der Waals surface area contributed by atoms with E-state index in [0.717, 1.165) is 12.7 Å². The lowest BCUT2D eigenvalue weighted by molar-refractivity contribution is 0.264. The van der Waals surface area contributed by atoms with Gasteiger partial charge in [-0.25, -0.2) is 0 Å². The van der Waals surface area contributed by atoms with Crippen molar-refractivity contribution in [1.29, 1.82) is 0 Å². The molecule has 0 aromatic carbocycles. The molecule has 0 spiro atoms. The van der Waals surface area contributed by atoms with Gasteiger partial charge in [0.25, 0.3) is 10.1 Å². The minimum Gasteiger partial charge on any atom is -0.270 e. The van der Waals surface area contributed by atoms with E-state index in [0.29, 0.717) is 12.5 Å². The van der Waals surface area contributed by atoms with Gasteiger partial charge in [-0.05, 0) is 5.92 Å². The van der Waals surface area contributed by atoms with Crippen molar-refractivity contribution < 1.29 is 12.6 Å². The van der Waals surface area contributed by atoms with Crippen LogP contribution in [0.15, 0.2) is 0 Å². The highest BCUT2D eigenvalue weighted by Crippen LogP contribution is 2.02. The molecule has 0 heterocycles. The van der Waals surface area contributed by atoms with Gasteiger partial charge in [0, 0.05) is 0 Å². The van der Waals surface area contributed by atoms with Gasteiger partial charge in [-0.15, -0.1) is 0 Å². The molecule has 10 heavy (non-hydrogen) atoms. The third-order valence-electron chi connectivity index (χ3n) is 1.26. The SMILES string of the molecule is CC[C@@H](C)COS(C)(=O)=O. The first-order chi connectivity index (χ1) is 4.45. The van der Waals surface area contributed by atoms with E-state index in [2.05, 4.69) is 4.18 Å². The van der Waals surface area contributed by atoms with Crippen molar-refractivity contribution in [3.8, 4) is 0 Å². The molecule has 62 valence electrons. The molecule has 0 N–H and O–H groups in total. The Bertz CT molecular complexity index is 171. The molecule has 0 saturated heterocycles. The van der Waals surface area contributed by atoms with Crippen LogP contribution in [0.4, 0.5) is 0 Å². The second kappa shape index (κ2) is 3.93. The van der Waals surface area contributed by atoms with E-state index in [1.807, 2.05) is 13.8 Å². The molecule has 0 bridgehead atoms. The lowest BCUT2D eigenvalue weighted by Crippen LogP contribution is -2.09. The number of hydrogen-bond acceptors (Lipinski definition) is 3. The lowest BCUT2D eigenvalue weighted by Gasteiger charge is -2.06. The van der Waals surface area contributed by atoms with Crippen LogP contribution >= 0.6 is 0 Å². The first-order valence-electron chi connectivity index (χ1n) is 3.30. The molecule has 0 radical (unpaired) electrons. The molecular weight excluding hydrogens is 152 g/mol. The lowest BCUT2D eigenvalue weighted by atomic mass is 10.1. The van der Waals surface area contributed by atoms with E-state index in [-0.39, 0.29) is 0 Å². The highest BCUT2D eigenvalue weighted by atomic mass is 32.2. The molecule has 4 heteroatoms. The molecule has 0 fully saturated rings. The third kappa shape index (κ3) is 6.04. The summed E-state index contributed by atoms with van der Waals surface area (Å²) in [5, 5.41) is 0. The minimum absolute atomic E-state index is 0.301. The largest absolute Gasteiger partial charge is 0.270 e. The van der Waals surface area contributed by atoms with Crippen LogP contribution in [0.25, 0.3) is 0 Å². The molecule has 0 aliphatic rings. The minimum atomic E-state index is -3.23. The van der Waals surface area contributed by atoms with Crippen LogP contribution in [0.3, 0.4) is 0 Å². The smallest absolute Gasteiger partial charge is 0.264 e. The van der Waals surface area contributed by atoms with E-state index in [1.165, 1.54) is 0 Å². The highest BCUT2D eigenvalue weighted by Gasteiger charge is 2.04. The molecule has 3 nitrogen and oxygen atoms in total. The average molecular weight is 166 g/mol. The number of rotatable bonds is 4. The van der Waals surface area contributed by atoms with Crippen LogP contribution in [-0.2, 0) is 14.3 Å². The van der Waals surface area contributed by atoms with Gasteiger partial charge < -0.3 is 0 Å². The Morgan fingerprint density at radius 3 is 2.30 bits per heavy atom. The fraction of sp³-hybridized carbons (Fsp3) is 1.00. The van der Waals surface area contributed by atoms with E-state index in [1.54, 1.807) is 0 Å². The topological polar surface area (TPSA) is 43.4 Å². The Morgan fingerprint density at radius 2 is 2.00 bits per heavy atom. The van der Waals surface area contributed by atoms with Gasteiger partial charge >= 0.3 is 0 Å². The van der Waals surface area contributed by atoms with Gasteiger partial charge in [0.15, 0.2) is 0 Å². The van der Waals surface area contributed by atoms with Crippen molar-refractivity contribution in [3.63, 3.8) is 0 Å². The summed E-state index contributed by atoms with van der Waals surface area (Å²) >= 11 is 0. The van der Waals surface area contributed by atoms with Crippen LogP contribution < -0.4 is 0 Å². The summed E-state index contributed by atoms with van der Waals surface area (Å²) in [7, 11) is -3.23. The van der Waals surface area contributed by atoms with Crippen LogP contribution in [0.5, 0.6) is 0 Å². The molecule has 1 atom stereocenters. The first kappa shape index (κ1) is 9.91. The predicted octanol–water partition coefficient (Wildman–Crippen LogP) is 1.01. The average Bonchev–Trinajstić information content (AvgIpc) is 1.81. The summed E-state index contributed by atoms with van der Waals surface area (Å²) in [5.41, 5.74) is 0. The molecule has 0 amide bonds. The molecule has 0 aliphatic carbocycles. The van der Waals surface area contributed by atoms with Crippen LogP contribution in [-0.4, -0.2) is 21.3 Å². The zero-order valence-electron chi connectivity index (χ0n) is 6.62. The van der Waals surface area contributed by atoms with E-state index in [4.69, 9.17) is 0 Å². The fourth-order valence-corrected chi connectivity index (χ4v) is 0.837. The maximum Gasteiger partial charge on any atom is 0.264 e. The van der Waals surface area contributed by atoms with Gasteiger partial charge in [0.2, 0.25) is 0 Å². The Morgan fingerprint density at radius 1 is 1.50 bits per heavy atom. The zero-order valence-corrected chi connectivity index (χ0v) is 7.44. The second-order valence-corrected chi connectivity index (χ2v) is 4.15. The molecular formula is C6H14O3S. The summed E-state index contributed by atoms with van der Waals surface area (Å²) in [4.78, 5) is 0. The summed E-state index contributed by atoms with van der Waals surface area (Å²) in [6.45, 7) is 4.25. The molecule has 0 rings (SSSR count). The Labute approximate surface area is 62.5 Å². The number of hydrogen-bond donors (Lipinski definition) is 0. The van der Waals surface area contributed by atoms with Gasteiger partial charge in [-0.3, -0.25) is 4.18 Å². The molecule has 0 aromatic rings. The third-order valence-corrected chi connectivity index (χ3v) is 1.83. The van der Waals surface area contributed by atoms with Gasteiger partial charge in [0.1, 0.15) is 0 Å². The quantitative estimate of drug-likeness (QED) is 0.585. The Hall–Kier alpha value is -0.0900. The second-order valence-electron chi connectivity index (χ2n) is 2.50. The van der Waals surface area contributed by atoms with Gasteiger partial charge in [0.05, 0.1) is 12.9 Å². The highest BCUT2D eigenvalue weighted by molar-refractivity contribution is 7.85. The summed E-state index contributed by atoms with van der Waals surface area (Å²) in [6, 6.07) is 0. The van der Waals surface area contributed by atoms with Crippen molar-refractivity contribution in [3.05, 3.63) is 0 Å². The maximum atomic E-state index is 10.4. The summed E-state index contributed by atoms with van der Waals surface area (Å²) < 4.78 is 25.4. The molecule has 0 aromatic heterocycles. The monoisotopic (exact) mass is 166 g/mol. The Kier molecular flexibility index (Phi) is 3.89. The fourth-order valence-electron chi connectivity index (χ4n) is 0.358.